The molecule has 0 fully saturated rings. The van der Waals surface area contributed by atoms with Crippen LogP contribution >= 0.6 is 11.6 Å². The molecular weight excluding hydrogens is 382 g/mol. The topological polar surface area (TPSA) is 73.7 Å². The minimum absolute atomic E-state index is 0.180. The molecule has 8 heteroatoms. The fraction of sp³-hybridized carbons (Fsp3) is 0.150. The molecule has 0 saturated heterocycles. The molecular formula is C20H16ClN3O4. The average molecular weight is 398 g/mol. The highest BCUT2D eigenvalue weighted by molar-refractivity contribution is 6.35. The molecule has 1 aliphatic rings. The zero-order valence-corrected chi connectivity index (χ0v) is 15.9. The molecule has 0 N–H and O–H groups in total. The standard InChI is InChI=1S/C20H16ClN3O4/c1-27-15-8-7-14-17(18(15)28-2)20(26)24(19(14)25)16-9-10-23(22-16)11-12-3-5-13(21)6-4-12/h3-10H,11H2,1-2H3. The Hall–Kier alpha value is -3.32. The Morgan fingerprint density at radius 1 is 0.964 bits per heavy atom. The Morgan fingerprint density at radius 3 is 2.39 bits per heavy atom. The molecule has 0 bridgehead atoms. The van der Waals surface area contributed by atoms with Gasteiger partial charge in [-0.3, -0.25) is 14.3 Å². The van der Waals surface area contributed by atoms with Crippen molar-refractivity contribution in [1.29, 1.82) is 0 Å². The summed E-state index contributed by atoms with van der Waals surface area (Å²) < 4.78 is 12.2. The van der Waals surface area contributed by atoms with E-state index >= 15 is 0 Å². The third-order valence-electron chi connectivity index (χ3n) is 4.51. The molecule has 2 aromatic carbocycles. The molecule has 0 atom stereocenters. The maximum Gasteiger partial charge on any atom is 0.271 e. The average Bonchev–Trinajstić information content (AvgIpc) is 3.25. The van der Waals surface area contributed by atoms with E-state index in [1.807, 2.05) is 12.1 Å². The number of halogens is 1. The third-order valence-corrected chi connectivity index (χ3v) is 4.76. The van der Waals surface area contributed by atoms with Gasteiger partial charge in [0, 0.05) is 17.3 Å². The van der Waals surface area contributed by atoms with Crippen LogP contribution in [0, 0.1) is 0 Å². The van der Waals surface area contributed by atoms with E-state index in [0.29, 0.717) is 17.3 Å². The van der Waals surface area contributed by atoms with Crippen LogP contribution in [0.25, 0.3) is 0 Å². The number of carbonyl (C=O) groups is 2. The summed E-state index contributed by atoms with van der Waals surface area (Å²) in [5, 5.41) is 5.04. The molecule has 142 valence electrons. The summed E-state index contributed by atoms with van der Waals surface area (Å²) in [5.41, 5.74) is 1.43. The fourth-order valence-electron chi connectivity index (χ4n) is 3.19. The second-order valence-electron chi connectivity index (χ2n) is 6.17. The van der Waals surface area contributed by atoms with Gasteiger partial charge < -0.3 is 9.47 Å². The van der Waals surface area contributed by atoms with Crippen molar-refractivity contribution in [2.75, 3.05) is 19.1 Å². The zero-order valence-electron chi connectivity index (χ0n) is 15.2. The van der Waals surface area contributed by atoms with E-state index in [1.54, 1.807) is 41.2 Å². The summed E-state index contributed by atoms with van der Waals surface area (Å²) in [4.78, 5) is 26.8. The van der Waals surface area contributed by atoms with Crippen molar-refractivity contribution in [3.8, 4) is 11.5 Å². The van der Waals surface area contributed by atoms with Crippen molar-refractivity contribution in [2.45, 2.75) is 6.54 Å². The molecule has 2 amide bonds. The van der Waals surface area contributed by atoms with Gasteiger partial charge in [0.2, 0.25) is 0 Å². The maximum absolute atomic E-state index is 13.0. The first kappa shape index (κ1) is 18.1. The van der Waals surface area contributed by atoms with Crippen LogP contribution in [0.5, 0.6) is 11.5 Å². The second-order valence-corrected chi connectivity index (χ2v) is 6.60. The SMILES string of the molecule is COc1ccc2c(c1OC)C(=O)N(c1ccn(Cc3ccc(Cl)cc3)n1)C2=O. The first-order valence-electron chi connectivity index (χ1n) is 8.45. The van der Waals surface area contributed by atoms with E-state index in [1.165, 1.54) is 14.2 Å². The zero-order chi connectivity index (χ0) is 19.8. The van der Waals surface area contributed by atoms with Gasteiger partial charge in [-0.2, -0.15) is 5.10 Å². The van der Waals surface area contributed by atoms with Crippen LogP contribution < -0.4 is 14.4 Å². The molecule has 1 aliphatic heterocycles. The van der Waals surface area contributed by atoms with Gasteiger partial charge in [0.1, 0.15) is 0 Å². The second kappa shape index (κ2) is 7.01. The number of aromatic nitrogens is 2. The predicted octanol–water partition coefficient (Wildman–Crippen LogP) is 3.40. The van der Waals surface area contributed by atoms with Crippen molar-refractivity contribution in [1.82, 2.24) is 9.78 Å². The molecule has 28 heavy (non-hydrogen) atoms. The lowest BCUT2D eigenvalue weighted by Crippen LogP contribution is -2.30. The van der Waals surface area contributed by atoms with E-state index < -0.39 is 11.8 Å². The first-order valence-corrected chi connectivity index (χ1v) is 8.83. The third kappa shape index (κ3) is 2.90. The number of hydrogen-bond donors (Lipinski definition) is 0. The molecule has 0 aliphatic carbocycles. The van der Waals surface area contributed by atoms with Gasteiger partial charge >= 0.3 is 0 Å². The number of amides is 2. The number of benzene rings is 2. The Balaban J connectivity index is 1.65. The summed E-state index contributed by atoms with van der Waals surface area (Å²) >= 11 is 5.90. The van der Waals surface area contributed by atoms with Crippen molar-refractivity contribution >= 4 is 29.2 Å². The minimum Gasteiger partial charge on any atom is -0.493 e. The van der Waals surface area contributed by atoms with Crippen LogP contribution in [-0.2, 0) is 6.54 Å². The number of ether oxygens (including phenoxy) is 2. The Kier molecular flexibility index (Phi) is 4.52. The van der Waals surface area contributed by atoms with Gasteiger partial charge in [-0.25, -0.2) is 4.90 Å². The molecule has 1 aromatic heterocycles. The van der Waals surface area contributed by atoms with Crippen LogP contribution in [0.2, 0.25) is 5.02 Å². The van der Waals surface area contributed by atoms with Gasteiger partial charge in [0.05, 0.1) is 31.9 Å². The van der Waals surface area contributed by atoms with Crippen molar-refractivity contribution in [2.24, 2.45) is 0 Å². The first-order chi connectivity index (χ1) is 13.5. The predicted molar refractivity (Wildman–Crippen MR) is 103 cm³/mol. The molecule has 4 rings (SSSR count). The van der Waals surface area contributed by atoms with E-state index in [-0.39, 0.29) is 22.7 Å². The van der Waals surface area contributed by atoms with Crippen LogP contribution in [-0.4, -0.2) is 35.8 Å². The highest BCUT2D eigenvalue weighted by Gasteiger charge is 2.41. The van der Waals surface area contributed by atoms with E-state index in [0.717, 1.165) is 10.5 Å². The van der Waals surface area contributed by atoms with E-state index in [2.05, 4.69) is 5.10 Å². The van der Waals surface area contributed by atoms with Crippen LogP contribution in [0.3, 0.4) is 0 Å². The molecule has 2 heterocycles. The van der Waals surface area contributed by atoms with Gasteiger partial charge in [-0.1, -0.05) is 23.7 Å². The molecule has 7 nitrogen and oxygen atoms in total. The van der Waals surface area contributed by atoms with Crippen molar-refractivity contribution in [3.05, 3.63) is 70.4 Å². The minimum atomic E-state index is -0.493. The van der Waals surface area contributed by atoms with Gasteiger partial charge in [0.15, 0.2) is 17.3 Å². The van der Waals surface area contributed by atoms with Crippen molar-refractivity contribution in [3.63, 3.8) is 0 Å². The van der Waals surface area contributed by atoms with Crippen LogP contribution in [0.15, 0.2) is 48.7 Å². The van der Waals surface area contributed by atoms with Crippen LogP contribution in [0.1, 0.15) is 26.3 Å². The quantitative estimate of drug-likeness (QED) is 0.617. The summed E-state index contributed by atoms with van der Waals surface area (Å²) in [7, 11) is 2.90. The number of nitrogens with zero attached hydrogens (tertiary/aromatic N) is 3. The number of rotatable bonds is 5. The Labute approximate surface area is 166 Å². The lowest BCUT2D eigenvalue weighted by Gasteiger charge is -2.11. The highest BCUT2D eigenvalue weighted by Crippen LogP contribution is 2.39. The van der Waals surface area contributed by atoms with Crippen molar-refractivity contribution < 1.29 is 19.1 Å². The summed E-state index contributed by atoms with van der Waals surface area (Å²) in [6, 6.07) is 12.2. The molecule has 0 saturated carbocycles. The van der Waals surface area contributed by atoms with E-state index in [9.17, 15) is 9.59 Å². The van der Waals surface area contributed by atoms with Gasteiger partial charge in [-0.05, 0) is 29.8 Å². The Morgan fingerprint density at radius 2 is 1.71 bits per heavy atom. The number of methoxy groups -OCH3 is 2. The number of hydrogen-bond acceptors (Lipinski definition) is 5. The fourth-order valence-corrected chi connectivity index (χ4v) is 3.31. The number of imide groups is 1. The van der Waals surface area contributed by atoms with Gasteiger partial charge in [-0.15, -0.1) is 0 Å². The monoisotopic (exact) mass is 397 g/mol. The highest BCUT2D eigenvalue weighted by atomic mass is 35.5. The summed E-state index contributed by atoms with van der Waals surface area (Å²) in [6.45, 7) is 0.484. The number of anilines is 1. The molecule has 3 aromatic rings. The number of fused-ring (bicyclic) bond motifs is 1. The normalized spacial score (nSPS) is 13.0. The van der Waals surface area contributed by atoms with Gasteiger partial charge in [0.25, 0.3) is 11.8 Å². The maximum atomic E-state index is 13.0. The summed E-state index contributed by atoms with van der Waals surface area (Å²) in [6.07, 6.45) is 1.71. The Bertz CT molecular complexity index is 1080. The summed E-state index contributed by atoms with van der Waals surface area (Å²) in [5.74, 6) is -0.0645. The van der Waals surface area contributed by atoms with E-state index in [4.69, 9.17) is 21.1 Å². The molecule has 0 spiro atoms. The van der Waals surface area contributed by atoms with Crippen LogP contribution in [0.4, 0.5) is 5.82 Å². The molecule has 0 unspecified atom stereocenters. The number of carbonyl (C=O) groups excluding carboxylic acids is 2. The smallest absolute Gasteiger partial charge is 0.271 e. The largest absolute Gasteiger partial charge is 0.493 e. The lowest BCUT2D eigenvalue weighted by molar-refractivity contribution is 0.0924. The lowest BCUT2D eigenvalue weighted by atomic mass is 10.1. The molecule has 0 radical (unpaired) electrons.